The number of anilines is 1. The van der Waals surface area contributed by atoms with E-state index in [9.17, 15) is 13.2 Å². The van der Waals surface area contributed by atoms with Crippen LogP contribution in [-0.4, -0.2) is 38.9 Å². The molecule has 0 aromatic heterocycles. The van der Waals surface area contributed by atoms with Gasteiger partial charge < -0.3 is 9.80 Å². The van der Waals surface area contributed by atoms with Crippen molar-refractivity contribution < 1.29 is 13.2 Å². The number of carbonyl (C=O) groups is 1. The van der Waals surface area contributed by atoms with Gasteiger partial charge in [0, 0.05) is 38.3 Å². The van der Waals surface area contributed by atoms with E-state index in [2.05, 4.69) is 9.62 Å². The molecule has 1 amide bonds. The van der Waals surface area contributed by atoms with E-state index in [1.54, 1.807) is 23.1 Å². The SMILES string of the molecule is CCCNS(=O)(=O)c1cc(C(=O)N(Cc2ccccc2)Cc2ccccc2)ccc1N1CCCC1. The molecule has 6 nitrogen and oxygen atoms in total. The molecule has 0 radical (unpaired) electrons. The van der Waals surface area contributed by atoms with Gasteiger partial charge in [0.25, 0.3) is 5.91 Å². The number of carbonyl (C=O) groups excluding carboxylic acids is 1. The third-order valence-corrected chi connectivity index (χ3v) is 7.70. The van der Waals surface area contributed by atoms with Crippen LogP contribution in [0, 0.1) is 0 Å². The summed E-state index contributed by atoms with van der Waals surface area (Å²) in [6.07, 6.45) is 2.76. The quantitative estimate of drug-likeness (QED) is 0.442. The highest BCUT2D eigenvalue weighted by atomic mass is 32.2. The minimum absolute atomic E-state index is 0.179. The number of nitrogens with zero attached hydrogens (tertiary/aromatic N) is 2. The molecule has 0 spiro atoms. The predicted octanol–water partition coefficient (Wildman–Crippen LogP) is 4.82. The summed E-state index contributed by atoms with van der Waals surface area (Å²) in [5.41, 5.74) is 3.07. The predicted molar refractivity (Wildman–Crippen MR) is 140 cm³/mol. The molecule has 1 fully saturated rings. The zero-order valence-electron chi connectivity index (χ0n) is 20.2. The molecule has 1 saturated heterocycles. The maximum absolute atomic E-state index is 13.8. The van der Waals surface area contributed by atoms with E-state index in [1.165, 1.54) is 0 Å². The smallest absolute Gasteiger partial charge is 0.254 e. The van der Waals surface area contributed by atoms with Crippen LogP contribution in [0.5, 0.6) is 0 Å². The Morgan fingerprint density at radius 2 is 1.46 bits per heavy atom. The summed E-state index contributed by atoms with van der Waals surface area (Å²) in [5.74, 6) is -0.197. The monoisotopic (exact) mass is 491 g/mol. The Kier molecular flexibility index (Phi) is 8.21. The lowest BCUT2D eigenvalue weighted by molar-refractivity contribution is 0.0730. The number of rotatable bonds is 10. The molecule has 7 heteroatoms. The first kappa shape index (κ1) is 24.9. The van der Waals surface area contributed by atoms with Gasteiger partial charge in [-0.3, -0.25) is 4.79 Å². The van der Waals surface area contributed by atoms with Gasteiger partial charge in [0.05, 0.1) is 5.69 Å². The van der Waals surface area contributed by atoms with Crippen LogP contribution >= 0.6 is 0 Å². The number of hydrogen-bond donors (Lipinski definition) is 1. The molecule has 35 heavy (non-hydrogen) atoms. The topological polar surface area (TPSA) is 69.7 Å². The summed E-state index contributed by atoms with van der Waals surface area (Å²) in [6, 6.07) is 24.8. The van der Waals surface area contributed by atoms with Crippen LogP contribution in [0.4, 0.5) is 5.69 Å². The lowest BCUT2D eigenvalue weighted by Gasteiger charge is -2.25. The summed E-state index contributed by atoms with van der Waals surface area (Å²) in [7, 11) is -3.75. The summed E-state index contributed by atoms with van der Waals surface area (Å²) < 4.78 is 29.1. The number of hydrogen-bond acceptors (Lipinski definition) is 4. The molecule has 0 atom stereocenters. The van der Waals surface area contributed by atoms with Gasteiger partial charge in [-0.25, -0.2) is 13.1 Å². The standard InChI is InChI=1S/C28H33N3O3S/c1-2-17-29-35(33,34)27-20-25(15-16-26(27)30-18-9-10-19-30)28(32)31(21-23-11-5-3-6-12-23)22-24-13-7-4-8-14-24/h3-8,11-16,20,29H,2,9-10,17-19,21-22H2,1H3. The van der Waals surface area contributed by atoms with Gasteiger partial charge in [0.15, 0.2) is 0 Å². The van der Waals surface area contributed by atoms with Crippen LogP contribution in [0.15, 0.2) is 83.8 Å². The van der Waals surface area contributed by atoms with Crippen LogP contribution in [-0.2, 0) is 23.1 Å². The van der Waals surface area contributed by atoms with Gasteiger partial charge in [0.1, 0.15) is 4.90 Å². The van der Waals surface area contributed by atoms with E-state index < -0.39 is 10.0 Å². The van der Waals surface area contributed by atoms with Crippen LogP contribution in [0.3, 0.4) is 0 Å². The Labute approximate surface area is 208 Å². The summed E-state index contributed by atoms with van der Waals surface area (Å²) in [4.78, 5) is 17.8. The summed E-state index contributed by atoms with van der Waals surface area (Å²) >= 11 is 0. The van der Waals surface area contributed by atoms with Crippen LogP contribution in [0.1, 0.15) is 47.7 Å². The van der Waals surface area contributed by atoms with Crippen LogP contribution in [0.25, 0.3) is 0 Å². The molecule has 0 saturated carbocycles. The van der Waals surface area contributed by atoms with Gasteiger partial charge in [0.2, 0.25) is 10.0 Å². The Bertz CT molecular complexity index is 1180. The molecule has 3 aromatic carbocycles. The van der Waals surface area contributed by atoms with Crippen molar-refractivity contribution in [1.29, 1.82) is 0 Å². The van der Waals surface area contributed by atoms with Crippen molar-refractivity contribution in [1.82, 2.24) is 9.62 Å². The Hall–Kier alpha value is -3.16. The lowest BCUT2D eigenvalue weighted by atomic mass is 10.1. The normalized spacial score (nSPS) is 13.7. The van der Waals surface area contributed by atoms with Crippen molar-refractivity contribution in [3.05, 3.63) is 95.6 Å². The van der Waals surface area contributed by atoms with Crippen molar-refractivity contribution in [2.24, 2.45) is 0 Å². The molecule has 0 unspecified atom stereocenters. The zero-order chi connectivity index (χ0) is 24.7. The van der Waals surface area contributed by atoms with E-state index in [0.29, 0.717) is 37.3 Å². The number of benzene rings is 3. The van der Waals surface area contributed by atoms with Crippen molar-refractivity contribution in [2.75, 3.05) is 24.5 Å². The van der Waals surface area contributed by atoms with Crippen LogP contribution < -0.4 is 9.62 Å². The average molecular weight is 492 g/mol. The lowest BCUT2D eigenvalue weighted by Crippen LogP contribution is -2.31. The second-order valence-corrected chi connectivity index (χ2v) is 10.6. The minimum atomic E-state index is -3.75. The maximum atomic E-state index is 13.8. The Morgan fingerprint density at radius 1 is 0.886 bits per heavy atom. The number of amides is 1. The first-order chi connectivity index (χ1) is 17.0. The molecular formula is C28H33N3O3S. The van der Waals surface area contributed by atoms with Gasteiger partial charge >= 0.3 is 0 Å². The number of sulfonamides is 1. The summed E-state index contributed by atoms with van der Waals surface area (Å²) in [6.45, 7) is 4.77. The third kappa shape index (κ3) is 6.29. The largest absolute Gasteiger partial charge is 0.370 e. The molecule has 1 N–H and O–H groups in total. The second kappa shape index (κ2) is 11.5. The van der Waals surface area contributed by atoms with E-state index >= 15 is 0 Å². The molecule has 3 aromatic rings. The van der Waals surface area contributed by atoms with Gasteiger partial charge in [-0.05, 0) is 48.6 Å². The molecular weight excluding hydrogens is 458 g/mol. The van der Waals surface area contributed by atoms with E-state index in [-0.39, 0.29) is 10.8 Å². The Morgan fingerprint density at radius 3 is 2.00 bits per heavy atom. The van der Waals surface area contributed by atoms with Crippen molar-refractivity contribution in [2.45, 2.75) is 44.2 Å². The maximum Gasteiger partial charge on any atom is 0.254 e. The Balaban J connectivity index is 1.70. The van der Waals surface area contributed by atoms with E-state index in [1.807, 2.05) is 67.6 Å². The molecule has 0 bridgehead atoms. The third-order valence-electron chi connectivity index (χ3n) is 6.20. The fourth-order valence-electron chi connectivity index (χ4n) is 4.39. The molecule has 184 valence electrons. The van der Waals surface area contributed by atoms with Gasteiger partial charge in [-0.1, -0.05) is 67.6 Å². The first-order valence-electron chi connectivity index (χ1n) is 12.2. The van der Waals surface area contributed by atoms with Crippen molar-refractivity contribution in [3.63, 3.8) is 0 Å². The molecule has 4 rings (SSSR count). The highest BCUT2D eigenvalue weighted by Gasteiger charge is 2.26. The zero-order valence-corrected chi connectivity index (χ0v) is 21.0. The molecule has 1 heterocycles. The molecule has 1 aliphatic rings. The van der Waals surface area contributed by atoms with Crippen molar-refractivity contribution >= 4 is 21.6 Å². The minimum Gasteiger partial charge on any atom is -0.370 e. The first-order valence-corrected chi connectivity index (χ1v) is 13.7. The number of nitrogens with one attached hydrogen (secondary N) is 1. The molecule has 1 aliphatic heterocycles. The fourth-order valence-corrected chi connectivity index (χ4v) is 5.77. The second-order valence-electron chi connectivity index (χ2n) is 8.91. The fraction of sp³-hybridized carbons (Fsp3) is 0.321. The van der Waals surface area contributed by atoms with Crippen molar-refractivity contribution in [3.8, 4) is 0 Å². The van der Waals surface area contributed by atoms with E-state index in [0.717, 1.165) is 37.1 Å². The van der Waals surface area contributed by atoms with Gasteiger partial charge in [-0.15, -0.1) is 0 Å². The van der Waals surface area contributed by atoms with E-state index in [4.69, 9.17) is 0 Å². The van der Waals surface area contributed by atoms with Gasteiger partial charge in [-0.2, -0.15) is 0 Å². The average Bonchev–Trinajstić information content (AvgIpc) is 3.43. The highest BCUT2D eigenvalue weighted by molar-refractivity contribution is 7.89. The highest BCUT2D eigenvalue weighted by Crippen LogP contribution is 2.30. The van der Waals surface area contributed by atoms with Crippen LogP contribution in [0.2, 0.25) is 0 Å². The summed E-state index contributed by atoms with van der Waals surface area (Å²) in [5, 5.41) is 0. The molecule has 0 aliphatic carbocycles.